The number of benzene rings is 2. The highest BCUT2D eigenvalue weighted by Gasteiger charge is 2.14. The first-order chi connectivity index (χ1) is 13.7. The number of aromatic nitrogens is 2. The average Bonchev–Trinajstić information content (AvgIpc) is 3.40. The van der Waals surface area contributed by atoms with Gasteiger partial charge in [0.05, 0.1) is 11.3 Å². The van der Waals surface area contributed by atoms with E-state index in [0.29, 0.717) is 23.9 Å². The van der Waals surface area contributed by atoms with E-state index < -0.39 is 0 Å². The van der Waals surface area contributed by atoms with Crippen molar-refractivity contribution in [1.29, 1.82) is 0 Å². The zero-order chi connectivity index (χ0) is 19.3. The fraction of sp³-hybridized carbons (Fsp3) is 0.0909. The molecule has 2 heterocycles. The van der Waals surface area contributed by atoms with Gasteiger partial charge in [-0.2, -0.15) is 0 Å². The van der Waals surface area contributed by atoms with Crippen LogP contribution >= 0.6 is 11.6 Å². The van der Waals surface area contributed by atoms with E-state index in [1.165, 1.54) is 0 Å². The van der Waals surface area contributed by atoms with Gasteiger partial charge in [-0.1, -0.05) is 48.0 Å². The lowest BCUT2D eigenvalue weighted by Crippen LogP contribution is -2.23. The third kappa shape index (κ3) is 4.00. The standard InChI is InChI=1S/C22H18ClN3O2/c23-19-8-4-3-7-18(19)20-9-10-21(28-20)22(27)25-13-16-5-1-2-6-17(16)14-26-12-11-24-15-26/h1-12,15H,13-14H2,(H,25,27). The highest BCUT2D eigenvalue weighted by Crippen LogP contribution is 2.29. The van der Waals surface area contributed by atoms with Gasteiger partial charge < -0.3 is 14.3 Å². The number of nitrogens with one attached hydrogen (secondary N) is 1. The number of hydrogen-bond donors (Lipinski definition) is 1. The summed E-state index contributed by atoms with van der Waals surface area (Å²) >= 11 is 6.20. The Morgan fingerprint density at radius 1 is 1.04 bits per heavy atom. The number of furan rings is 1. The second-order valence-corrected chi connectivity index (χ2v) is 6.74. The van der Waals surface area contributed by atoms with Crippen LogP contribution in [-0.2, 0) is 13.1 Å². The molecule has 4 aromatic rings. The van der Waals surface area contributed by atoms with E-state index in [9.17, 15) is 4.79 Å². The lowest BCUT2D eigenvalue weighted by atomic mass is 10.1. The van der Waals surface area contributed by atoms with Gasteiger partial charge >= 0.3 is 0 Å². The first-order valence-corrected chi connectivity index (χ1v) is 9.24. The van der Waals surface area contributed by atoms with Crippen LogP contribution in [0.15, 0.2) is 83.8 Å². The van der Waals surface area contributed by atoms with Crippen LogP contribution in [0.1, 0.15) is 21.7 Å². The normalized spacial score (nSPS) is 10.8. The quantitative estimate of drug-likeness (QED) is 0.514. The third-order valence-corrected chi connectivity index (χ3v) is 4.77. The molecule has 0 fully saturated rings. The number of carbonyl (C=O) groups excluding carboxylic acids is 1. The number of imidazole rings is 1. The summed E-state index contributed by atoms with van der Waals surface area (Å²) in [5.41, 5.74) is 2.92. The van der Waals surface area contributed by atoms with Crippen molar-refractivity contribution in [3.63, 3.8) is 0 Å². The fourth-order valence-corrected chi connectivity index (χ4v) is 3.22. The number of halogens is 1. The SMILES string of the molecule is O=C(NCc1ccccc1Cn1ccnc1)c1ccc(-c2ccccc2Cl)o1. The van der Waals surface area contributed by atoms with Crippen molar-refractivity contribution in [2.45, 2.75) is 13.1 Å². The van der Waals surface area contributed by atoms with Crippen LogP contribution < -0.4 is 5.32 Å². The Balaban J connectivity index is 1.45. The highest BCUT2D eigenvalue weighted by molar-refractivity contribution is 6.33. The lowest BCUT2D eigenvalue weighted by Gasteiger charge is -2.10. The van der Waals surface area contributed by atoms with E-state index in [0.717, 1.165) is 16.7 Å². The van der Waals surface area contributed by atoms with E-state index in [1.807, 2.05) is 53.2 Å². The number of rotatable bonds is 6. The molecule has 1 amide bonds. The molecule has 0 aliphatic rings. The second-order valence-electron chi connectivity index (χ2n) is 6.33. The van der Waals surface area contributed by atoms with Gasteiger partial charge in [0.15, 0.2) is 5.76 Å². The van der Waals surface area contributed by atoms with Crippen LogP contribution in [0.25, 0.3) is 11.3 Å². The van der Waals surface area contributed by atoms with Crippen LogP contribution in [0.3, 0.4) is 0 Å². The molecule has 0 saturated carbocycles. The number of amides is 1. The van der Waals surface area contributed by atoms with E-state index >= 15 is 0 Å². The first kappa shape index (κ1) is 18.1. The minimum absolute atomic E-state index is 0.252. The zero-order valence-corrected chi connectivity index (χ0v) is 15.8. The van der Waals surface area contributed by atoms with Crippen molar-refractivity contribution in [3.8, 4) is 11.3 Å². The summed E-state index contributed by atoms with van der Waals surface area (Å²) in [5.74, 6) is 0.550. The van der Waals surface area contributed by atoms with E-state index in [-0.39, 0.29) is 11.7 Å². The Morgan fingerprint density at radius 2 is 1.82 bits per heavy atom. The molecule has 0 aliphatic carbocycles. The minimum Gasteiger partial charge on any atom is -0.451 e. The molecule has 0 atom stereocenters. The Bertz CT molecular complexity index is 1090. The van der Waals surface area contributed by atoms with Crippen LogP contribution in [0.5, 0.6) is 0 Å². The summed E-state index contributed by atoms with van der Waals surface area (Å²) < 4.78 is 7.70. The van der Waals surface area contributed by atoms with E-state index in [1.54, 1.807) is 30.7 Å². The number of carbonyl (C=O) groups is 1. The van der Waals surface area contributed by atoms with Gasteiger partial charge in [0.1, 0.15) is 5.76 Å². The fourth-order valence-electron chi connectivity index (χ4n) is 2.99. The van der Waals surface area contributed by atoms with Crippen molar-refractivity contribution in [1.82, 2.24) is 14.9 Å². The summed E-state index contributed by atoms with van der Waals surface area (Å²) in [6.07, 6.45) is 5.43. The molecule has 140 valence electrons. The molecule has 2 aromatic heterocycles. The summed E-state index contributed by atoms with van der Waals surface area (Å²) in [6, 6.07) is 18.8. The average molecular weight is 392 g/mol. The molecule has 28 heavy (non-hydrogen) atoms. The number of hydrogen-bond acceptors (Lipinski definition) is 3. The Hall–Kier alpha value is -3.31. The van der Waals surface area contributed by atoms with Gasteiger partial charge in [-0.25, -0.2) is 4.98 Å². The van der Waals surface area contributed by atoms with E-state index in [2.05, 4.69) is 10.3 Å². The highest BCUT2D eigenvalue weighted by atomic mass is 35.5. The Kier molecular flexibility index (Phi) is 5.26. The molecular formula is C22H18ClN3O2. The largest absolute Gasteiger partial charge is 0.451 e. The van der Waals surface area contributed by atoms with Crippen molar-refractivity contribution in [2.24, 2.45) is 0 Å². The molecule has 6 heteroatoms. The van der Waals surface area contributed by atoms with Crippen molar-refractivity contribution >= 4 is 17.5 Å². The van der Waals surface area contributed by atoms with Crippen LogP contribution in [0.2, 0.25) is 5.02 Å². The topological polar surface area (TPSA) is 60.1 Å². The molecule has 0 spiro atoms. The smallest absolute Gasteiger partial charge is 0.287 e. The molecule has 4 rings (SSSR count). The summed E-state index contributed by atoms with van der Waals surface area (Å²) in [4.78, 5) is 16.6. The summed E-state index contributed by atoms with van der Waals surface area (Å²) in [5, 5.41) is 3.50. The molecule has 0 aliphatic heterocycles. The van der Waals surface area contributed by atoms with Crippen molar-refractivity contribution < 1.29 is 9.21 Å². The van der Waals surface area contributed by atoms with Gasteiger partial charge in [0.2, 0.25) is 0 Å². The zero-order valence-electron chi connectivity index (χ0n) is 15.0. The van der Waals surface area contributed by atoms with Crippen LogP contribution in [0, 0.1) is 0 Å². The number of nitrogens with zero attached hydrogens (tertiary/aromatic N) is 2. The maximum absolute atomic E-state index is 12.5. The Labute approximate surface area is 167 Å². The van der Waals surface area contributed by atoms with Crippen molar-refractivity contribution in [3.05, 3.63) is 101 Å². The third-order valence-electron chi connectivity index (χ3n) is 4.44. The van der Waals surface area contributed by atoms with Gasteiger partial charge in [-0.3, -0.25) is 4.79 Å². The molecule has 0 unspecified atom stereocenters. The minimum atomic E-state index is -0.268. The predicted molar refractivity (Wildman–Crippen MR) is 108 cm³/mol. The van der Waals surface area contributed by atoms with Gasteiger partial charge in [-0.15, -0.1) is 0 Å². The van der Waals surface area contributed by atoms with Gasteiger partial charge in [0.25, 0.3) is 5.91 Å². The maximum atomic E-state index is 12.5. The first-order valence-electron chi connectivity index (χ1n) is 8.86. The molecule has 1 N–H and O–H groups in total. The lowest BCUT2D eigenvalue weighted by molar-refractivity contribution is 0.0924. The monoisotopic (exact) mass is 391 g/mol. The van der Waals surface area contributed by atoms with Crippen molar-refractivity contribution in [2.75, 3.05) is 0 Å². The van der Waals surface area contributed by atoms with Crippen LogP contribution in [0.4, 0.5) is 0 Å². The van der Waals surface area contributed by atoms with E-state index in [4.69, 9.17) is 16.0 Å². The second kappa shape index (κ2) is 8.15. The summed E-state index contributed by atoms with van der Waals surface area (Å²) in [7, 11) is 0. The molecule has 2 aromatic carbocycles. The maximum Gasteiger partial charge on any atom is 0.287 e. The molecular weight excluding hydrogens is 374 g/mol. The Morgan fingerprint density at radius 3 is 2.61 bits per heavy atom. The predicted octanol–water partition coefficient (Wildman–Crippen LogP) is 4.77. The van der Waals surface area contributed by atoms with Crippen LogP contribution in [-0.4, -0.2) is 15.5 Å². The summed E-state index contributed by atoms with van der Waals surface area (Å²) in [6.45, 7) is 1.11. The molecule has 5 nitrogen and oxygen atoms in total. The van der Waals surface area contributed by atoms with Gasteiger partial charge in [0, 0.05) is 31.0 Å². The van der Waals surface area contributed by atoms with Gasteiger partial charge in [-0.05, 0) is 35.4 Å². The molecule has 0 saturated heterocycles. The molecule has 0 radical (unpaired) electrons. The molecule has 0 bridgehead atoms.